The van der Waals surface area contributed by atoms with Gasteiger partial charge < -0.3 is 4.79 Å². The minimum absolute atomic E-state index is 0.282. The molecule has 0 aromatic rings. The van der Waals surface area contributed by atoms with Crippen LogP contribution in [0.2, 0.25) is 0 Å². The summed E-state index contributed by atoms with van der Waals surface area (Å²) in [7, 11) is 2.02. The van der Waals surface area contributed by atoms with Gasteiger partial charge in [0.15, 0.2) is 0 Å². The van der Waals surface area contributed by atoms with Crippen molar-refractivity contribution < 1.29 is 4.79 Å². The number of nitrogens with zero attached hydrogens (tertiary/aromatic N) is 2. The van der Waals surface area contributed by atoms with Gasteiger partial charge in [-0.2, -0.15) is 5.10 Å². The topological polar surface area (TPSA) is 32.7 Å². The summed E-state index contributed by atoms with van der Waals surface area (Å²) in [5.74, 6) is 0.808. The molecule has 0 radical (unpaired) electrons. The van der Waals surface area contributed by atoms with Gasteiger partial charge in [0.25, 0.3) is 0 Å². The van der Waals surface area contributed by atoms with Gasteiger partial charge in [-0.05, 0) is 19.3 Å². The number of hydrogen-bond acceptors (Lipinski definition) is 3. The van der Waals surface area contributed by atoms with Crippen molar-refractivity contribution in [3.8, 4) is 0 Å². The maximum atomic E-state index is 10.6. The van der Waals surface area contributed by atoms with E-state index in [1.165, 1.54) is 0 Å². The van der Waals surface area contributed by atoms with Crippen molar-refractivity contribution in [1.29, 1.82) is 0 Å². The van der Waals surface area contributed by atoms with E-state index >= 15 is 0 Å². The lowest BCUT2D eigenvalue weighted by Crippen LogP contribution is -2.35. The van der Waals surface area contributed by atoms with Crippen LogP contribution in [-0.2, 0) is 4.79 Å². The molecule has 1 heterocycles. The van der Waals surface area contributed by atoms with E-state index in [4.69, 9.17) is 0 Å². The maximum absolute atomic E-state index is 10.6. The smallest absolute Gasteiger partial charge is 0.123 e. The van der Waals surface area contributed by atoms with E-state index in [9.17, 15) is 4.79 Å². The van der Waals surface area contributed by atoms with E-state index < -0.39 is 0 Å². The largest absolute Gasteiger partial charge is 0.303 e. The number of hydrazone groups is 1. The number of aldehydes is 1. The molecule has 0 aromatic heterocycles. The van der Waals surface area contributed by atoms with Gasteiger partial charge in [-0.3, -0.25) is 5.01 Å². The SMILES string of the molecule is CN1N=CC2CC(C=O)CCC21. The van der Waals surface area contributed by atoms with Crippen LogP contribution in [0.1, 0.15) is 19.3 Å². The number of hydrogen-bond donors (Lipinski definition) is 0. The lowest BCUT2D eigenvalue weighted by Gasteiger charge is -2.31. The second kappa shape index (κ2) is 2.88. The third kappa shape index (κ3) is 1.13. The summed E-state index contributed by atoms with van der Waals surface area (Å²) in [5.41, 5.74) is 0. The fourth-order valence-corrected chi connectivity index (χ4v) is 2.25. The molecular weight excluding hydrogens is 152 g/mol. The molecule has 0 N–H and O–H groups in total. The van der Waals surface area contributed by atoms with Crippen LogP contribution in [0, 0.1) is 11.8 Å². The molecular formula is C9H14N2O. The normalized spacial score (nSPS) is 39.8. The lowest BCUT2D eigenvalue weighted by molar-refractivity contribution is -0.112. The molecule has 0 spiro atoms. The fourth-order valence-electron chi connectivity index (χ4n) is 2.25. The molecule has 0 amide bonds. The highest BCUT2D eigenvalue weighted by Gasteiger charge is 2.34. The van der Waals surface area contributed by atoms with Crippen LogP contribution < -0.4 is 0 Å². The Kier molecular flexibility index (Phi) is 1.87. The summed E-state index contributed by atoms with van der Waals surface area (Å²) >= 11 is 0. The van der Waals surface area contributed by atoms with Crippen LogP contribution in [0.15, 0.2) is 5.10 Å². The van der Waals surface area contributed by atoms with E-state index in [-0.39, 0.29) is 5.92 Å². The van der Waals surface area contributed by atoms with E-state index in [2.05, 4.69) is 5.10 Å². The first-order chi connectivity index (χ1) is 5.81. The summed E-state index contributed by atoms with van der Waals surface area (Å²) in [4.78, 5) is 10.6. The summed E-state index contributed by atoms with van der Waals surface area (Å²) in [5, 5.41) is 6.28. The quantitative estimate of drug-likeness (QED) is 0.542. The molecule has 0 aromatic carbocycles. The monoisotopic (exact) mass is 166 g/mol. The van der Waals surface area contributed by atoms with Crippen LogP contribution in [0.5, 0.6) is 0 Å². The Morgan fingerprint density at radius 2 is 2.42 bits per heavy atom. The molecule has 1 aliphatic carbocycles. The van der Waals surface area contributed by atoms with Crippen LogP contribution in [0.4, 0.5) is 0 Å². The van der Waals surface area contributed by atoms with Crippen LogP contribution in [0.25, 0.3) is 0 Å². The molecule has 3 unspecified atom stereocenters. The summed E-state index contributed by atoms with van der Waals surface area (Å²) < 4.78 is 0. The van der Waals surface area contributed by atoms with E-state index in [1.54, 1.807) is 0 Å². The molecule has 3 atom stereocenters. The summed E-state index contributed by atoms with van der Waals surface area (Å²) in [6, 6.07) is 0.571. The molecule has 3 nitrogen and oxygen atoms in total. The van der Waals surface area contributed by atoms with E-state index in [1.807, 2.05) is 18.3 Å². The predicted octanol–water partition coefficient (Wildman–Crippen LogP) is 0.901. The van der Waals surface area contributed by atoms with Gasteiger partial charge in [0.05, 0.1) is 6.04 Å². The minimum Gasteiger partial charge on any atom is -0.303 e. The second-order valence-electron chi connectivity index (χ2n) is 3.78. The second-order valence-corrected chi connectivity index (χ2v) is 3.78. The van der Waals surface area contributed by atoms with Gasteiger partial charge in [-0.25, -0.2) is 0 Å². The Morgan fingerprint density at radius 3 is 3.17 bits per heavy atom. The molecule has 1 saturated carbocycles. The number of fused-ring (bicyclic) bond motifs is 1. The average molecular weight is 166 g/mol. The van der Waals surface area contributed by atoms with Gasteiger partial charge in [0.2, 0.25) is 0 Å². The third-order valence-corrected chi connectivity index (χ3v) is 3.02. The molecule has 12 heavy (non-hydrogen) atoms. The summed E-state index contributed by atoms with van der Waals surface area (Å²) in [6.07, 6.45) is 6.26. The fraction of sp³-hybridized carbons (Fsp3) is 0.778. The van der Waals surface area contributed by atoms with Crippen LogP contribution in [0.3, 0.4) is 0 Å². The van der Waals surface area contributed by atoms with Crippen molar-refractivity contribution in [2.75, 3.05) is 7.05 Å². The predicted molar refractivity (Wildman–Crippen MR) is 46.9 cm³/mol. The zero-order valence-corrected chi connectivity index (χ0v) is 7.31. The molecule has 1 fully saturated rings. The first-order valence-corrected chi connectivity index (χ1v) is 4.53. The molecule has 3 heteroatoms. The highest BCUT2D eigenvalue weighted by Crippen LogP contribution is 2.32. The van der Waals surface area contributed by atoms with Gasteiger partial charge in [0, 0.05) is 25.1 Å². The van der Waals surface area contributed by atoms with Crippen molar-refractivity contribution in [1.82, 2.24) is 5.01 Å². The minimum atomic E-state index is 0.282. The number of rotatable bonds is 1. The van der Waals surface area contributed by atoms with Crippen molar-refractivity contribution in [3.05, 3.63) is 0 Å². The van der Waals surface area contributed by atoms with Gasteiger partial charge >= 0.3 is 0 Å². The zero-order valence-electron chi connectivity index (χ0n) is 7.31. The third-order valence-electron chi connectivity index (χ3n) is 3.02. The molecule has 0 saturated heterocycles. The Hall–Kier alpha value is -0.860. The van der Waals surface area contributed by atoms with Gasteiger partial charge in [-0.15, -0.1) is 0 Å². The van der Waals surface area contributed by atoms with Crippen LogP contribution in [-0.4, -0.2) is 30.6 Å². The van der Waals surface area contributed by atoms with Crippen molar-refractivity contribution in [2.45, 2.75) is 25.3 Å². The van der Waals surface area contributed by atoms with E-state index in [0.717, 1.165) is 25.5 Å². The average Bonchev–Trinajstić information content (AvgIpc) is 2.47. The molecule has 0 bridgehead atoms. The number of carbonyl (C=O) groups excluding carboxylic acids is 1. The Morgan fingerprint density at radius 1 is 1.58 bits per heavy atom. The zero-order chi connectivity index (χ0) is 8.55. The van der Waals surface area contributed by atoms with Gasteiger partial charge in [0.1, 0.15) is 6.29 Å². The first kappa shape index (κ1) is 7.77. The lowest BCUT2D eigenvalue weighted by atomic mass is 9.80. The maximum Gasteiger partial charge on any atom is 0.123 e. The van der Waals surface area contributed by atoms with Crippen molar-refractivity contribution in [3.63, 3.8) is 0 Å². The highest BCUT2D eigenvalue weighted by molar-refractivity contribution is 5.65. The highest BCUT2D eigenvalue weighted by atomic mass is 16.1. The standard InChI is InChI=1S/C9H14N2O/c1-11-9-3-2-7(6-12)4-8(9)5-10-11/h5-9H,2-4H2,1H3. The Bertz CT molecular complexity index is 215. The van der Waals surface area contributed by atoms with Crippen molar-refractivity contribution in [2.24, 2.45) is 16.9 Å². The van der Waals surface area contributed by atoms with E-state index in [0.29, 0.717) is 12.0 Å². The van der Waals surface area contributed by atoms with Crippen molar-refractivity contribution >= 4 is 12.5 Å². The molecule has 2 aliphatic rings. The molecule has 66 valence electrons. The molecule has 2 rings (SSSR count). The summed E-state index contributed by atoms with van der Waals surface area (Å²) in [6.45, 7) is 0. The Labute approximate surface area is 72.4 Å². The van der Waals surface area contributed by atoms with Gasteiger partial charge in [-0.1, -0.05) is 0 Å². The first-order valence-electron chi connectivity index (χ1n) is 4.53. The molecule has 1 aliphatic heterocycles. The van der Waals surface area contributed by atoms with Crippen LogP contribution >= 0.6 is 0 Å². The number of carbonyl (C=O) groups is 1. The Balaban J connectivity index is 2.03.